The van der Waals surface area contributed by atoms with Crippen molar-refractivity contribution in [2.45, 2.75) is 0 Å². The predicted molar refractivity (Wildman–Crippen MR) is 46.1 cm³/mol. The minimum Gasteiger partial charge on any atom is -0.218 e. The molecule has 0 aliphatic carbocycles. The number of benzene rings is 1. The molecule has 62 valence electrons. The van der Waals surface area contributed by atoms with Crippen LogP contribution in [0.15, 0.2) is 30.5 Å². The highest BCUT2D eigenvalue weighted by Crippen LogP contribution is 2.11. The molecule has 1 aromatic carbocycles. The van der Waals surface area contributed by atoms with Gasteiger partial charge in [-0.05, 0) is 16.5 Å². The third-order valence-electron chi connectivity index (χ3n) is 1.94. The van der Waals surface area contributed by atoms with Gasteiger partial charge in [0.2, 0.25) is 0 Å². The van der Waals surface area contributed by atoms with Crippen molar-refractivity contribution in [1.82, 2.24) is 25.0 Å². The number of para-hydroxylation sites is 1. The molecule has 0 saturated carbocycles. The SMILES string of the molecule is c1ccc2c(c1)cnc1nnnn12. The van der Waals surface area contributed by atoms with Crippen LogP contribution in [0.3, 0.4) is 0 Å². The van der Waals surface area contributed by atoms with Gasteiger partial charge in [0.15, 0.2) is 0 Å². The molecule has 0 aliphatic rings. The van der Waals surface area contributed by atoms with Gasteiger partial charge in [0.1, 0.15) is 0 Å². The molecule has 0 atom stereocenters. The Morgan fingerprint density at radius 2 is 2.08 bits per heavy atom. The van der Waals surface area contributed by atoms with Crippen molar-refractivity contribution in [2.75, 3.05) is 0 Å². The Morgan fingerprint density at radius 1 is 1.15 bits per heavy atom. The van der Waals surface area contributed by atoms with Crippen LogP contribution in [-0.4, -0.2) is 25.0 Å². The van der Waals surface area contributed by atoms with Crippen molar-refractivity contribution in [3.8, 4) is 0 Å². The van der Waals surface area contributed by atoms with Crippen LogP contribution >= 0.6 is 0 Å². The number of fused-ring (bicyclic) bond motifs is 3. The lowest BCUT2D eigenvalue weighted by Gasteiger charge is -1.96. The minimum absolute atomic E-state index is 0.527. The average molecular weight is 171 g/mol. The van der Waals surface area contributed by atoms with Crippen LogP contribution < -0.4 is 0 Å². The summed E-state index contributed by atoms with van der Waals surface area (Å²) in [5, 5.41) is 12.2. The molecule has 5 nitrogen and oxygen atoms in total. The van der Waals surface area contributed by atoms with Gasteiger partial charge in [0, 0.05) is 11.6 Å². The topological polar surface area (TPSA) is 56.0 Å². The van der Waals surface area contributed by atoms with E-state index < -0.39 is 0 Å². The Labute approximate surface area is 73.0 Å². The third kappa shape index (κ3) is 0.807. The average Bonchev–Trinajstić information content (AvgIpc) is 2.65. The van der Waals surface area contributed by atoms with Crippen molar-refractivity contribution in [3.63, 3.8) is 0 Å². The summed E-state index contributed by atoms with van der Waals surface area (Å²) in [4.78, 5) is 4.10. The zero-order valence-corrected chi connectivity index (χ0v) is 6.62. The van der Waals surface area contributed by atoms with Crippen LogP contribution in [0.25, 0.3) is 16.7 Å². The third-order valence-corrected chi connectivity index (χ3v) is 1.94. The molecule has 0 radical (unpaired) electrons. The zero-order valence-electron chi connectivity index (χ0n) is 6.62. The normalized spacial score (nSPS) is 11.1. The first-order valence-corrected chi connectivity index (χ1v) is 3.87. The van der Waals surface area contributed by atoms with Crippen LogP contribution in [0.1, 0.15) is 0 Å². The Balaban J connectivity index is 2.65. The summed E-state index contributed by atoms with van der Waals surface area (Å²) in [5.41, 5.74) is 0.970. The molecule has 2 heterocycles. The smallest absolute Gasteiger partial charge is 0.218 e. The molecule has 13 heavy (non-hydrogen) atoms. The van der Waals surface area contributed by atoms with E-state index in [0.29, 0.717) is 5.78 Å². The first-order valence-electron chi connectivity index (χ1n) is 3.87. The van der Waals surface area contributed by atoms with Crippen molar-refractivity contribution in [3.05, 3.63) is 30.5 Å². The molecule has 3 rings (SSSR count). The maximum absolute atomic E-state index is 4.10. The molecular weight excluding hydrogens is 166 g/mol. The van der Waals surface area contributed by atoms with E-state index >= 15 is 0 Å². The van der Waals surface area contributed by atoms with Crippen LogP contribution in [0, 0.1) is 0 Å². The Bertz CT molecular complexity index is 571. The standard InChI is InChI=1S/C8H5N5/c1-2-4-7-6(3-1)5-9-8-10-11-12-13(7)8/h1-5H. The van der Waals surface area contributed by atoms with E-state index in [-0.39, 0.29) is 0 Å². The van der Waals surface area contributed by atoms with Gasteiger partial charge in [-0.2, -0.15) is 4.52 Å². The van der Waals surface area contributed by atoms with Gasteiger partial charge in [0.25, 0.3) is 5.78 Å². The van der Waals surface area contributed by atoms with E-state index in [0.717, 1.165) is 10.9 Å². The van der Waals surface area contributed by atoms with E-state index in [1.807, 2.05) is 24.3 Å². The summed E-state index contributed by atoms with van der Waals surface area (Å²) in [6, 6.07) is 7.84. The number of aromatic nitrogens is 5. The number of nitrogens with zero attached hydrogens (tertiary/aromatic N) is 5. The van der Waals surface area contributed by atoms with Crippen LogP contribution in [0.2, 0.25) is 0 Å². The molecule has 0 N–H and O–H groups in total. The van der Waals surface area contributed by atoms with Gasteiger partial charge in [-0.1, -0.05) is 23.3 Å². The molecule has 2 aromatic heterocycles. The van der Waals surface area contributed by atoms with E-state index in [2.05, 4.69) is 20.5 Å². The largest absolute Gasteiger partial charge is 0.273 e. The maximum atomic E-state index is 4.10. The number of hydrogen-bond acceptors (Lipinski definition) is 4. The molecule has 0 bridgehead atoms. The number of rotatable bonds is 0. The molecule has 0 saturated heterocycles. The molecule has 0 amide bonds. The lowest BCUT2D eigenvalue weighted by molar-refractivity contribution is 0.840. The summed E-state index contributed by atoms with van der Waals surface area (Å²) in [6.07, 6.45) is 1.76. The molecule has 0 unspecified atom stereocenters. The van der Waals surface area contributed by atoms with Crippen molar-refractivity contribution >= 4 is 16.7 Å². The fourth-order valence-corrected chi connectivity index (χ4v) is 1.34. The summed E-state index contributed by atoms with van der Waals surface area (Å²) >= 11 is 0. The molecule has 0 aliphatic heterocycles. The zero-order chi connectivity index (χ0) is 8.67. The second kappa shape index (κ2) is 2.22. The van der Waals surface area contributed by atoms with Crippen molar-refractivity contribution in [2.24, 2.45) is 0 Å². The minimum atomic E-state index is 0.527. The highest BCUT2D eigenvalue weighted by atomic mass is 15.5. The van der Waals surface area contributed by atoms with Crippen LogP contribution in [0.4, 0.5) is 0 Å². The molecule has 3 aromatic rings. The van der Waals surface area contributed by atoms with Gasteiger partial charge in [-0.3, -0.25) is 0 Å². The van der Waals surface area contributed by atoms with E-state index in [4.69, 9.17) is 0 Å². The molecule has 0 spiro atoms. The van der Waals surface area contributed by atoms with Gasteiger partial charge in [-0.15, -0.1) is 0 Å². The highest BCUT2D eigenvalue weighted by Gasteiger charge is 2.01. The Morgan fingerprint density at radius 3 is 3.08 bits per heavy atom. The van der Waals surface area contributed by atoms with Gasteiger partial charge < -0.3 is 0 Å². The highest BCUT2D eigenvalue weighted by molar-refractivity contribution is 5.79. The second-order valence-electron chi connectivity index (χ2n) is 2.71. The number of tetrazole rings is 1. The Kier molecular flexibility index (Phi) is 1.11. The fourth-order valence-electron chi connectivity index (χ4n) is 1.34. The van der Waals surface area contributed by atoms with E-state index in [9.17, 15) is 0 Å². The van der Waals surface area contributed by atoms with Crippen molar-refractivity contribution < 1.29 is 0 Å². The fraction of sp³-hybridized carbons (Fsp3) is 0. The lowest BCUT2D eigenvalue weighted by Crippen LogP contribution is -1.92. The monoisotopic (exact) mass is 171 g/mol. The van der Waals surface area contributed by atoms with Gasteiger partial charge >= 0.3 is 0 Å². The van der Waals surface area contributed by atoms with Crippen LogP contribution in [0.5, 0.6) is 0 Å². The Hall–Kier alpha value is -2.04. The van der Waals surface area contributed by atoms with E-state index in [1.54, 1.807) is 10.7 Å². The summed E-state index contributed by atoms with van der Waals surface area (Å²) < 4.78 is 1.62. The van der Waals surface area contributed by atoms with Gasteiger partial charge in [-0.25, -0.2) is 4.98 Å². The quantitative estimate of drug-likeness (QED) is 0.499. The first kappa shape index (κ1) is 6.47. The van der Waals surface area contributed by atoms with E-state index in [1.165, 1.54) is 0 Å². The molecular formula is C8H5N5. The van der Waals surface area contributed by atoms with Crippen LogP contribution in [-0.2, 0) is 0 Å². The molecule has 5 heteroatoms. The van der Waals surface area contributed by atoms with Crippen molar-refractivity contribution in [1.29, 1.82) is 0 Å². The molecule has 0 fully saturated rings. The predicted octanol–water partition coefficient (Wildman–Crippen LogP) is 0.672. The second-order valence-corrected chi connectivity index (χ2v) is 2.71. The van der Waals surface area contributed by atoms with Gasteiger partial charge in [0.05, 0.1) is 5.52 Å². The summed E-state index contributed by atoms with van der Waals surface area (Å²) in [7, 11) is 0. The summed E-state index contributed by atoms with van der Waals surface area (Å²) in [5.74, 6) is 0.527. The summed E-state index contributed by atoms with van der Waals surface area (Å²) in [6.45, 7) is 0. The lowest BCUT2D eigenvalue weighted by atomic mass is 10.2. The number of hydrogen-bond donors (Lipinski definition) is 0. The maximum Gasteiger partial charge on any atom is 0.273 e. The first-order chi connectivity index (χ1) is 6.45.